The van der Waals surface area contributed by atoms with E-state index in [1.54, 1.807) is 0 Å². The van der Waals surface area contributed by atoms with Crippen LogP contribution in [0.2, 0.25) is 0 Å². The van der Waals surface area contributed by atoms with Crippen LogP contribution >= 0.6 is 0 Å². The van der Waals surface area contributed by atoms with E-state index in [-0.39, 0.29) is 0 Å². The van der Waals surface area contributed by atoms with Gasteiger partial charge >= 0.3 is 0 Å². The molecule has 0 atom stereocenters. The molecule has 0 heteroatoms. The predicted molar refractivity (Wildman–Crippen MR) is 99.6 cm³/mol. The van der Waals surface area contributed by atoms with Crippen LogP contribution in [0.4, 0.5) is 0 Å². The molecule has 0 fully saturated rings. The third kappa shape index (κ3) is 3.07. The number of aryl methyl sites for hydroxylation is 1. The zero-order valence-corrected chi connectivity index (χ0v) is 14.2. The molecule has 0 N–H and O–H groups in total. The molecule has 0 amide bonds. The van der Waals surface area contributed by atoms with Crippen LogP contribution in [-0.2, 0) is 6.42 Å². The fourth-order valence-electron chi connectivity index (χ4n) is 3.33. The minimum absolute atomic E-state index is 1.08. The van der Waals surface area contributed by atoms with E-state index in [2.05, 4.69) is 87.5 Å². The predicted octanol–water partition coefficient (Wildman–Crippen LogP) is 6.39. The maximum atomic E-state index is 3.71. The molecule has 3 aromatic rings. The third-order valence-electron chi connectivity index (χ3n) is 4.48. The van der Waals surface area contributed by atoms with Crippen molar-refractivity contribution in [2.75, 3.05) is 0 Å². The molecule has 0 bridgehead atoms. The number of hydrogen-bond acceptors (Lipinski definition) is 0. The molecular formula is C23H23. The van der Waals surface area contributed by atoms with Gasteiger partial charge in [0.1, 0.15) is 0 Å². The second-order valence-corrected chi connectivity index (χ2v) is 6.09. The van der Waals surface area contributed by atoms with Gasteiger partial charge in [0, 0.05) is 0 Å². The van der Waals surface area contributed by atoms with Crippen molar-refractivity contribution >= 4 is 0 Å². The lowest BCUT2D eigenvalue weighted by Gasteiger charge is -2.19. The van der Waals surface area contributed by atoms with Crippen LogP contribution in [0.15, 0.2) is 60.7 Å². The topological polar surface area (TPSA) is 0 Å². The molecule has 115 valence electrons. The molecule has 0 unspecified atom stereocenters. The number of benzene rings is 3. The SMILES string of the molecule is CCCc1[c]c(-c2ccccc2)c(C)c(-c2ccccc2)c1C. The Kier molecular flexibility index (Phi) is 4.62. The Balaban J connectivity index is 2.28. The second kappa shape index (κ2) is 6.83. The third-order valence-corrected chi connectivity index (χ3v) is 4.48. The Bertz CT molecular complexity index is 783. The van der Waals surface area contributed by atoms with Gasteiger partial charge in [0.05, 0.1) is 0 Å². The van der Waals surface area contributed by atoms with Crippen molar-refractivity contribution in [2.45, 2.75) is 33.6 Å². The highest BCUT2D eigenvalue weighted by Gasteiger charge is 2.15. The van der Waals surface area contributed by atoms with Crippen LogP contribution in [0.25, 0.3) is 22.3 Å². The van der Waals surface area contributed by atoms with E-state index in [0.717, 1.165) is 12.8 Å². The molecule has 0 aliphatic carbocycles. The first-order valence-electron chi connectivity index (χ1n) is 8.38. The van der Waals surface area contributed by atoms with Gasteiger partial charge < -0.3 is 0 Å². The standard InChI is InChI=1S/C23H23/c1-4-11-21-16-22(19-12-7-5-8-13-19)18(3)23(17(21)2)20-14-9-6-10-15-20/h5-10,12-15H,4,11H2,1-3H3. The van der Waals surface area contributed by atoms with Gasteiger partial charge in [-0.15, -0.1) is 0 Å². The zero-order chi connectivity index (χ0) is 16.2. The van der Waals surface area contributed by atoms with Gasteiger partial charge in [0.25, 0.3) is 0 Å². The van der Waals surface area contributed by atoms with Crippen LogP contribution in [0.5, 0.6) is 0 Å². The first-order valence-corrected chi connectivity index (χ1v) is 8.38. The van der Waals surface area contributed by atoms with Gasteiger partial charge in [0.2, 0.25) is 0 Å². The lowest BCUT2D eigenvalue weighted by molar-refractivity contribution is 0.911. The molecular weight excluding hydrogens is 276 g/mol. The normalized spacial score (nSPS) is 10.7. The maximum absolute atomic E-state index is 3.71. The Morgan fingerprint density at radius 3 is 1.87 bits per heavy atom. The summed E-state index contributed by atoms with van der Waals surface area (Å²) in [6, 6.07) is 25.1. The lowest BCUT2D eigenvalue weighted by atomic mass is 9.85. The van der Waals surface area contributed by atoms with Crippen molar-refractivity contribution in [3.05, 3.63) is 83.4 Å². The van der Waals surface area contributed by atoms with E-state index >= 15 is 0 Å². The summed E-state index contributed by atoms with van der Waals surface area (Å²) in [6.45, 7) is 6.70. The molecule has 0 nitrogen and oxygen atoms in total. The summed E-state index contributed by atoms with van der Waals surface area (Å²) < 4.78 is 0. The summed E-state index contributed by atoms with van der Waals surface area (Å²) in [5.41, 5.74) is 9.18. The smallest absolute Gasteiger partial charge is 0.00583 e. The summed E-state index contributed by atoms with van der Waals surface area (Å²) in [5, 5.41) is 0. The highest BCUT2D eigenvalue weighted by Crippen LogP contribution is 2.36. The zero-order valence-electron chi connectivity index (χ0n) is 14.2. The van der Waals surface area contributed by atoms with Crippen molar-refractivity contribution in [3.63, 3.8) is 0 Å². The Morgan fingerprint density at radius 1 is 0.739 bits per heavy atom. The average Bonchev–Trinajstić information content (AvgIpc) is 2.59. The van der Waals surface area contributed by atoms with E-state index in [9.17, 15) is 0 Å². The first kappa shape index (κ1) is 15.6. The maximum Gasteiger partial charge on any atom is -0.00583 e. The van der Waals surface area contributed by atoms with Crippen molar-refractivity contribution in [1.82, 2.24) is 0 Å². The molecule has 3 rings (SSSR count). The number of hydrogen-bond donors (Lipinski definition) is 0. The van der Waals surface area contributed by atoms with Gasteiger partial charge in [-0.25, -0.2) is 0 Å². The van der Waals surface area contributed by atoms with Crippen LogP contribution in [-0.4, -0.2) is 0 Å². The molecule has 0 aliphatic heterocycles. The fraction of sp³-hybridized carbons (Fsp3) is 0.217. The Hall–Kier alpha value is -2.34. The van der Waals surface area contributed by atoms with Crippen molar-refractivity contribution in [1.29, 1.82) is 0 Å². The molecule has 0 aliphatic rings. The van der Waals surface area contributed by atoms with Crippen LogP contribution in [0.1, 0.15) is 30.0 Å². The molecule has 0 spiro atoms. The largest absolute Gasteiger partial charge is 0.0651 e. The van der Waals surface area contributed by atoms with Crippen molar-refractivity contribution < 1.29 is 0 Å². The fourth-order valence-corrected chi connectivity index (χ4v) is 3.33. The Labute approximate surface area is 139 Å². The second-order valence-electron chi connectivity index (χ2n) is 6.09. The van der Waals surface area contributed by atoms with E-state index < -0.39 is 0 Å². The monoisotopic (exact) mass is 299 g/mol. The lowest BCUT2D eigenvalue weighted by Crippen LogP contribution is -1.99. The number of rotatable bonds is 4. The van der Waals surface area contributed by atoms with Crippen LogP contribution in [0, 0.1) is 19.9 Å². The van der Waals surface area contributed by atoms with E-state index in [1.165, 1.54) is 38.9 Å². The quantitative estimate of drug-likeness (QED) is 0.523. The molecule has 23 heavy (non-hydrogen) atoms. The van der Waals surface area contributed by atoms with Crippen molar-refractivity contribution in [3.8, 4) is 22.3 Å². The van der Waals surface area contributed by atoms with E-state index in [1.807, 2.05) is 0 Å². The minimum atomic E-state index is 1.08. The summed E-state index contributed by atoms with van der Waals surface area (Å²) >= 11 is 0. The van der Waals surface area contributed by atoms with Gasteiger partial charge in [-0.2, -0.15) is 0 Å². The molecule has 0 aromatic heterocycles. The van der Waals surface area contributed by atoms with Crippen LogP contribution in [0.3, 0.4) is 0 Å². The van der Waals surface area contributed by atoms with Gasteiger partial charge in [0.15, 0.2) is 0 Å². The molecule has 3 aromatic carbocycles. The van der Waals surface area contributed by atoms with Gasteiger partial charge in [-0.1, -0.05) is 74.0 Å². The average molecular weight is 299 g/mol. The van der Waals surface area contributed by atoms with Crippen molar-refractivity contribution in [2.24, 2.45) is 0 Å². The summed E-state index contributed by atoms with van der Waals surface area (Å²) in [6.07, 6.45) is 2.22. The minimum Gasteiger partial charge on any atom is -0.0651 e. The molecule has 0 saturated heterocycles. The highest BCUT2D eigenvalue weighted by molar-refractivity contribution is 5.81. The highest BCUT2D eigenvalue weighted by atomic mass is 14.2. The first-order chi connectivity index (χ1) is 11.2. The van der Waals surface area contributed by atoms with Crippen LogP contribution < -0.4 is 0 Å². The van der Waals surface area contributed by atoms with E-state index in [4.69, 9.17) is 0 Å². The molecule has 1 radical (unpaired) electrons. The molecule has 0 heterocycles. The van der Waals surface area contributed by atoms with E-state index in [0.29, 0.717) is 0 Å². The van der Waals surface area contributed by atoms with Gasteiger partial charge in [-0.3, -0.25) is 0 Å². The summed E-state index contributed by atoms with van der Waals surface area (Å²) in [7, 11) is 0. The summed E-state index contributed by atoms with van der Waals surface area (Å²) in [4.78, 5) is 0. The Morgan fingerprint density at radius 2 is 1.30 bits per heavy atom. The van der Waals surface area contributed by atoms with Gasteiger partial charge in [-0.05, 0) is 65.3 Å². The molecule has 0 saturated carbocycles. The summed E-state index contributed by atoms with van der Waals surface area (Å²) in [5.74, 6) is 0.